The Morgan fingerprint density at radius 1 is 1.39 bits per heavy atom. The van der Waals surface area contributed by atoms with E-state index in [4.69, 9.17) is 10.5 Å². The summed E-state index contributed by atoms with van der Waals surface area (Å²) in [5.74, 6) is 6.27. The fourth-order valence-electron chi connectivity index (χ4n) is 3.82. The van der Waals surface area contributed by atoms with Gasteiger partial charge in [-0.2, -0.15) is 0 Å². The SMILES string of the molecule is COCc1cc(C(N)=O)nc(-c2cccc(C#CC34CC3CN(C)C4=O)c2)c1. The smallest absolute Gasteiger partial charge is 0.267 e. The Labute approximate surface area is 163 Å². The lowest BCUT2D eigenvalue weighted by molar-refractivity contribution is -0.130. The summed E-state index contributed by atoms with van der Waals surface area (Å²) in [6.07, 6.45) is 0.853. The second-order valence-electron chi connectivity index (χ2n) is 7.43. The molecule has 2 heterocycles. The maximum atomic E-state index is 12.3. The third-order valence-electron chi connectivity index (χ3n) is 5.36. The van der Waals surface area contributed by atoms with E-state index in [9.17, 15) is 9.59 Å². The Kier molecular flexibility index (Phi) is 4.40. The average molecular weight is 375 g/mol. The number of rotatable bonds is 4. The number of aromatic nitrogens is 1. The fourth-order valence-corrected chi connectivity index (χ4v) is 3.82. The summed E-state index contributed by atoms with van der Waals surface area (Å²) in [6.45, 7) is 1.15. The number of primary amides is 1. The number of carbonyl (C=O) groups is 2. The van der Waals surface area contributed by atoms with Crippen LogP contribution in [0.2, 0.25) is 0 Å². The van der Waals surface area contributed by atoms with E-state index in [0.29, 0.717) is 18.2 Å². The molecule has 1 saturated carbocycles. The van der Waals surface area contributed by atoms with Crippen LogP contribution in [-0.4, -0.2) is 42.4 Å². The highest BCUT2D eigenvalue weighted by molar-refractivity contribution is 5.92. The molecule has 0 spiro atoms. The van der Waals surface area contributed by atoms with Gasteiger partial charge in [-0.25, -0.2) is 4.98 Å². The lowest BCUT2D eigenvalue weighted by atomic mass is 10.0. The van der Waals surface area contributed by atoms with Crippen molar-refractivity contribution < 1.29 is 14.3 Å². The third-order valence-corrected chi connectivity index (χ3v) is 5.36. The van der Waals surface area contributed by atoms with Crippen molar-refractivity contribution in [2.24, 2.45) is 17.1 Å². The number of pyridine rings is 1. The monoisotopic (exact) mass is 375 g/mol. The Hall–Kier alpha value is -3.17. The summed E-state index contributed by atoms with van der Waals surface area (Å²) in [7, 11) is 3.42. The number of ether oxygens (including phenoxy) is 1. The van der Waals surface area contributed by atoms with Gasteiger partial charge in [-0.15, -0.1) is 0 Å². The van der Waals surface area contributed by atoms with Gasteiger partial charge in [-0.1, -0.05) is 24.0 Å². The lowest BCUT2D eigenvalue weighted by Gasteiger charge is -2.11. The predicted octanol–water partition coefficient (Wildman–Crippen LogP) is 1.82. The van der Waals surface area contributed by atoms with Crippen molar-refractivity contribution in [1.82, 2.24) is 9.88 Å². The molecule has 2 amide bonds. The van der Waals surface area contributed by atoms with Crippen LogP contribution >= 0.6 is 0 Å². The molecule has 2 N–H and O–H groups in total. The van der Waals surface area contributed by atoms with Gasteiger partial charge in [-0.05, 0) is 36.2 Å². The first-order valence-electron chi connectivity index (χ1n) is 9.12. The molecule has 1 saturated heterocycles. The van der Waals surface area contributed by atoms with Gasteiger partial charge in [0, 0.05) is 37.7 Å². The van der Waals surface area contributed by atoms with Crippen LogP contribution in [0.15, 0.2) is 36.4 Å². The molecule has 0 bridgehead atoms. The van der Waals surface area contributed by atoms with E-state index in [2.05, 4.69) is 16.8 Å². The summed E-state index contributed by atoms with van der Waals surface area (Å²) in [5.41, 5.74) is 8.20. The summed E-state index contributed by atoms with van der Waals surface area (Å²) in [6, 6.07) is 11.1. The molecule has 28 heavy (non-hydrogen) atoms. The quantitative estimate of drug-likeness (QED) is 0.826. The highest BCUT2D eigenvalue weighted by Crippen LogP contribution is 2.57. The Morgan fingerprint density at radius 2 is 2.21 bits per heavy atom. The Balaban J connectivity index is 1.66. The molecule has 1 aromatic heterocycles. The maximum Gasteiger partial charge on any atom is 0.267 e. The van der Waals surface area contributed by atoms with Crippen LogP contribution < -0.4 is 5.73 Å². The van der Waals surface area contributed by atoms with Gasteiger partial charge >= 0.3 is 0 Å². The number of amides is 2. The van der Waals surface area contributed by atoms with Crippen molar-refractivity contribution in [1.29, 1.82) is 0 Å². The van der Waals surface area contributed by atoms with Crippen molar-refractivity contribution in [3.05, 3.63) is 53.2 Å². The Morgan fingerprint density at radius 3 is 2.89 bits per heavy atom. The number of nitrogens with zero attached hydrogens (tertiary/aromatic N) is 2. The molecule has 142 valence electrons. The molecule has 6 nitrogen and oxygen atoms in total. The highest BCUT2D eigenvalue weighted by atomic mass is 16.5. The number of nitrogens with two attached hydrogens (primary N) is 1. The molecule has 1 aliphatic heterocycles. The van der Waals surface area contributed by atoms with E-state index in [1.54, 1.807) is 18.1 Å². The average Bonchev–Trinajstić information content (AvgIpc) is 3.33. The van der Waals surface area contributed by atoms with Crippen molar-refractivity contribution in [3.8, 4) is 23.1 Å². The van der Waals surface area contributed by atoms with Crippen LogP contribution in [0.1, 0.15) is 28.0 Å². The van der Waals surface area contributed by atoms with Gasteiger partial charge in [0.05, 0.1) is 12.3 Å². The Bertz CT molecular complexity index is 1040. The molecule has 0 radical (unpaired) electrons. The number of methoxy groups -OCH3 is 1. The minimum Gasteiger partial charge on any atom is -0.380 e. The molecule has 6 heteroatoms. The van der Waals surface area contributed by atoms with Gasteiger partial charge in [0.25, 0.3) is 5.91 Å². The highest BCUT2D eigenvalue weighted by Gasteiger charge is 2.65. The number of piperidine rings is 1. The van der Waals surface area contributed by atoms with Crippen LogP contribution in [0.4, 0.5) is 0 Å². The zero-order valence-corrected chi connectivity index (χ0v) is 15.9. The van der Waals surface area contributed by atoms with Crippen molar-refractivity contribution in [2.45, 2.75) is 13.0 Å². The van der Waals surface area contributed by atoms with Gasteiger partial charge in [0.2, 0.25) is 5.91 Å². The first-order valence-corrected chi connectivity index (χ1v) is 9.12. The van der Waals surface area contributed by atoms with E-state index in [1.165, 1.54) is 0 Å². The molecule has 2 fully saturated rings. The standard InChI is InChI=1S/C22H21N3O3/c1-25-12-17-11-22(17,21(25)27)7-6-14-4-3-5-16(8-14)18-9-15(13-28-2)10-19(24-18)20(23)26/h3-5,8-10,17H,11-13H2,1-2H3,(H2,23,26). The summed E-state index contributed by atoms with van der Waals surface area (Å²) >= 11 is 0. The normalized spacial score (nSPS) is 22.4. The molecule has 2 aromatic rings. The number of hydrogen-bond donors (Lipinski definition) is 1. The van der Waals surface area contributed by atoms with Crippen LogP contribution in [-0.2, 0) is 16.1 Å². The lowest BCUT2D eigenvalue weighted by Crippen LogP contribution is -2.27. The summed E-state index contributed by atoms with van der Waals surface area (Å²) < 4.78 is 5.17. The zero-order valence-electron chi connectivity index (χ0n) is 15.9. The zero-order chi connectivity index (χ0) is 19.9. The van der Waals surface area contributed by atoms with Crippen LogP contribution in [0.3, 0.4) is 0 Å². The van der Waals surface area contributed by atoms with Gasteiger partial charge in [0.15, 0.2) is 0 Å². The summed E-state index contributed by atoms with van der Waals surface area (Å²) in [5, 5.41) is 0. The van der Waals surface area contributed by atoms with Crippen LogP contribution in [0.5, 0.6) is 0 Å². The molecule has 2 atom stereocenters. The van der Waals surface area contributed by atoms with Gasteiger partial charge in [-0.3, -0.25) is 9.59 Å². The van der Waals surface area contributed by atoms with Gasteiger partial charge in [0.1, 0.15) is 11.1 Å². The molecule has 1 aromatic carbocycles. The predicted molar refractivity (Wildman–Crippen MR) is 104 cm³/mol. The molecule has 2 unspecified atom stereocenters. The van der Waals surface area contributed by atoms with E-state index < -0.39 is 11.3 Å². The van der Waals surface area contributed by atoms with E-state index in [-0.39, 0.29) is 11.6 Å². The van der Waals surface area contributed by atoms with Crippen LogP contribution in [0.25, 0.3) is 11.3 Å². The van der Waals surface area contributed by atoms with E-state index in [1.807, 2.05) is 37.4 Å². The second-order valence-corrected chi connectivity index (χ2v) is 7.43. The topological polar surface area (TPSA) is 85.5 Å². The molecule has 1 aliphatic carbocycles. The first-order chi connectivity index (χ1) is 13.4. The second kappa shape index (κ2) is 6.77. The first kappa shape index (κ1) is 18.2. The number of carbonyl (C=O) groups excluding carboxylic acids is 2. The van der Waals surface area contributed by atoms with Crippen molar-refractivity contribution in [2.75, 3.05) is 20.7 Å². The largest absolute Gasteiger partial charge is 0.380 e. The van der Waals surface area contributed by atoms with E-state index >= 15 is 0 Å². The summed E-state index contributed by atoms with van der Waals surface area (Å²) in [4.78, 5) is 30.1. The van der Waals surface area contributed by atoms with Gasteiger partial charge < -0.3 is 15.4 Å². The van der Waals surface area contributed by atoms with Crippen molar-refractivity contribution >= 4 is 11.8 Å². The minimum atomic E-state index is -0.585. The molecular weight excluding hydrogens is 354 g/mol. The molecule has 4 rings (SSSR count). The number of benzene rings is 1. The van der Waals surface area contributed by atoms with Crippen molar-refractivity contribution in [3.63, 3.8) is 0 Å². The minimum absolute atomic E-state index is 0.126. The number of likely N-dealkylation sites (tertiary alicyclic amines) is 1. The molecular formula is C22H21N3O3. The molecule has 2 aliphatic rings. The number of fused-ring (bicyclic) bond motifs is 1. The fraction of sp³-hybridized carbons (Fsp3) is 0.318. The van der Waals surface area contributed by atoms with E-state index in [0.717, 1.165) is 29.7 Å². The third kappa shape index (κ3) is 3.14. The van der Waals surface area contributed by atoms with Crippen LogP contribution in [0, 0.1) is 23.2 Å². The maximum absolute atomic E-state index is 12.3. The number of hydrogen-bond acceptors (Lipinski definition) is 4.